The molecule has 0 aliphatic carbocycles. The number of rotatable bonds is 1. The smallest absolute Gasteiger partial charge is 0.0794 e. The molecule has 0 saturated carbocycles. The second kappa shape index (κ2) is 3.53. The van der Waals surface area contributed by atoms with Crippen LogP contribution >= 0.6 is 0 Å². The largest absolute Gasteiger partial charge is 0.411 e. The van der Waals surface area contributed by atoms with Gasteiger partial charge in [-0.25, -0.2) is 0 Å². The topological polar surface area (TPSA) is 35.8 Å². The lowest BCUT2D eigenvalue weighted by Gasteiger charge is -2.21. The molecule has 1 heterocycles. The van der Waals surface area contributed by atoms with Crippen molar-refractivity contribution in [1.29, 1.82) is 0 Å². The summed E-state index contributed by atoms with van der Waals surface area (Å²) in [6.07, 6.45) is 3.10. The van der Waals surface area contributed by atoms with E-state index in [0.717, 1.165) is 25.2 Å². The Hall–Kier alpha value is -0.830. The first-order valence-corrected chi connectivity index (χ1v) is 3.80. The van der Waals surface area contributed by atoms with E-state index in [-0.39, 0.29) is 0 Å². The molecule has 3 nitrogen and oxygen atoms in total. The van der Waals surface area contributed by atoms with Crippen molar-refractivity contribution < 1.29 is 5.21 Å². The van der Waals surface area contributed by atoms with Crippen LogP contribution in [0.4, 0.5) is 0 Å². The van der Waals surface area contributed by atoms with Gasteiger partial charge < -0.3 is 10.1 Å². The quantitative estimate of drug-likeness (QED) is 0.349. The summed E-state index contributed by atoms with van der Waals surface area (Å²) in [5, 5.41) is 11.7. The number of likely N-dealkylation sites (N-methyl/N-ethyl adjacent to an activating group) is 1. The van der Waals surface area contributed by atoms with E-state index in [1.807, 2.05) is 6.92 Å². The highest BCUT2D eigenvalue weighted by atomic mass is 16.4. The molecule has 0 atom stereocenters. The summed E-state index contributed by atoms with van der Waals surface area (Å²) in [5.41, 5.74) is 1.92. The van der Waals surface area contributed by atoms with Gasteiger partial charge in [-0.15, -0.1) is 0 Å². The SMILES string of the molecule is C/C(=N\O)C1=CCN(C)CC1. The summed E-state index contributed by atoms with van der Waals surface area (Å²) < 4.78 is 0. The van der Waals surface area contributed by atoms with Crippen LogP contribution in [0.3, 0.4) is 0 Å². The second-order valence-electron chi connectivity index (χ2n) is 2.93. The zero-order valence-electron chi connectivity index (χ0n) is 7.04. The monoisotopic (exact) mass is 154 g/mol. The molecule has 1 aliphatic heterocycles. The van der Waals surface area contributed by atoms with Crippen molar-refractivity contribution in [2.75, 3.05) is 20.1 Å². The third kappa shape index (κ3) is 2.05. The lowest BCUT2D eigenvalue weighted by molar-refractivity contribution is 0.317. The minimum atomic E-state index is 0.748. The molecule has 0 saturated heterocycles. The summed E-state index contributed by atoms with van der Waals surface area (Å²) in [7, 11) is 2.08. The van der Waals surface area contributed by atoms with Crippen molar-refractivity contribution in [3.63, 3.8) is 0 Å². The first kappa shape index (κ1) is 8.27. The summed E-state index contributed by atoms with van der Waals surface area (Å²) >= 11 is 0. The molecule has 0 amide bonds. The molecule has 3 heteroatoms. The predicted octanol–water partition coefficient (Wildman–Crippen LogP) is 1.10. The Morgan fingerprint density at radius 2 is 2.45 bits per heavy atom. The van der Waals surface area contributed by atoms with E-state index in [2.05, 4.69) is 23.2 Å². The van der Waals surface area contributed by atoms with E-state index in [1.165, 1.54) is 5.57 Å². The zero-order valence-corrected chi connectivity index (χ0v) is 7.04. The Kier molecular flexibility index (Phi) is 2.65. The van der Waals surface area contributed by atoms with Crippen LogP contribution in [0.1, 0.15) is 13.3 Å². The second-order valence-corrected chi connectivity index (χ2v) is 2.93. The van der Waals surface area contributed by atoms with E-state index < -0.39 is 0 Å². The van der Waals surface area contributed by atoms with Crippen LogP contribution in [0.25, 0.3) is 0 Å². The lowest BCUT2D eigenvalue weighted by Crippen LogP contribution is -2.25. The van der Waals surface area contributed by atoms with Crippen molar-refractivity contribution in [2.45, 2.75) is 13.3 Å². The summed E-state index contributed by atoms with van der Waals surface area (Å²) in [6, 6.07) is 0. The van der Waals surface area contributed by atoms with Gasteiger partial charge in [0.05, 0.1) is 5.71 Å². The van der Waals surface area contributed by atoms with E-state index in [1.54, 1.807) is 0 Å². The summed E-state index contributed by atoms with van der Waals surface area (Å²) in [6.45, 7) is 3.85. The normalized spacial score (nSPS) is 21.6. The summed E-state index contributed by atoms with van der Waals surface area (Å²) in [5.74, 6) is 0. The van der Waals surface area contributed by atoms with Gasteiger partial charge >= 0.3 is 0 Å². The number of oxime groups is 1. The molecular weight excluding hydrogens is 140 g/mol. The number of nitrogens with zero attached hydrogens (tertiary/aromatic N) is 2. The van der Waals surface area contributed by atoms with Gasteiger partial charge in [0.2, 0.25) is 0 Å². The van der Waals surface area contributed by atoms with Crippen LogP contribution in [0.2, 0.25) is 0 Å². The van der Waals surface area contributed by atoms with E-state index in [4.69, 9.17) is 5.21 Å². The van der Waals surface area contributed by atoms with Gasteiger partial charge in [-0.05, 0) is 26.0 Å². The molecule has 0 aromatic heterocycles. The van der Waals surface area contributed by atoms with Gasteiger partial charge in [-0.2, -0.15) is 0 Å². The third-order valence-electron chi connectivity index (χ3n) is 2.03. The molecule has 11 heavy (non-hydrogen) atoms. The van der Waals surface area contributed by atoms with Crippen LogP contribution in [0.15, 0.2) is 16.8 Å². The predicted molar refractivity (Wildman–Crippen MR) is 45.1 cm³/mol. The van der Waals surface area contributed by atoms with Gasteiger partial charge in [0, 0.05) is 13.1 Å². The molecule has 62 valence electrons. The first-order chi connectivity index (χ1) is 5.24. The minimum Gasteiger partial charge on any atom is -0.411 e. The standard InChI is InChI=1S/C8H14N2O/c1-7(9-11)8-3-5-10(2)6-4-8/h3,11H,4-6H2,1-2H3/b9-7+. The highest BCUT2D eigenvalue weighted by Crippen LogP contribution is 2.10. The number of hydrogen-bond donors (Lipinski definition) is 1. The molecule has 0 fully saturated rings. The minimum absolute atomic E-state index is 0.748. The van der Waals surface area contributed by atoms with Gasteiger partial charge in [0.15, 0.2) is 0 Å². The number of hydrogen-bond acceptors (Lipinski definition) is 3. The third-order valence-corrected chi connectivity index (χ3v) is 2.03. The van der Waals surface area contributed by atoms with Gasteiger partial charge in [-0.1, -0.05) is 11.2 Å². The van der Waals surface area contributed by atoms with Crippen molar-refractivity contribution in [1.82, 2.24) is 4.90 Å². The highest BCUT2D eigenvalue weighted by Gasteiger charge is 2.09. The molecule has 0 unspecified atom stereocenters. The maximum absolute atomic E-state index is 8.49. The van der Waals surface area contributed by atoms with Gasteiger partial charge in [0.1, 0.15) is 0 Å². The Morgan fingerprint density at radius 1 is 1.73 bits per heavy atom. The van der Waals surface area contributed by atoms with E-state index >= 15 is 0 Å². The Labute approximate surface area is 67.0 Å². The molecular formula is C8H14N2O. The molecule has 1 aliphatic rings. The fourth-order valence-electron chi connectivity index (χ4n) is 1.16. The summed E-state index contributed by atoms with van der Waals surface area (Å²) in [4.78, 5) is 2.23. The van der Waals surface area contributed by atoms with E-state index in [0.29, 0.717) is 0 Å². The molecule has 0 bridgehead atoms. The highest BCUT2D eigenvalue weighted by molar-refractivity contribution is 5.97. The van der Waals surface area contributed by atoms with Crippen molar-refractivity contribution in [3.8, 4) is 0 Å². The lowest BCUT2D eigenvalue weighted by atomic mass is 10.0. The van der Waals surface area contributed by atoms with Crippen LogP contribution in [-0.4, -0.2) is 36.0 Å². The molecule has 0 spiro atoms. The first-order valence-electron chi connectivity index (χ1n) is 3.80. The fraction of sp³-hybridized carbons (Fsp3) is 0.625. The Balaban J connectivity index is 2.61. The van der Waals surface area contributed by atoms with Crippen LogP contribution in [-0.2, 0) is 0 Å². The Morgan fingerprint density at radius 3 is 2.91 bits per heavy atom. The molecule has 1 rings (SSSR count). The van der Waals surface area contributed by atoms with Gasteiger partial charge in [-0.3, -0.25) is 0 Å². The average molecular weight is 154 g/mol. The van der Waals surface area contributed by atoms with Crippen molar-refractivity contribution in [2.24, 2.45) is 5.16 Å². The van der Waals surface area contributed by atoms with Crippen molar-refractivity contribution >= 4 is 5.71 Å². The fourth-order valence-corrected chi connectivity index (χ4v) is 1.16. The molecule has 0 radical (unpaired) electrons. The van der Waals surface area contributed by atoms with E-state index in [9.17, 15) is 0 Å². The van der Waals surface area contributed by atoms with Crippen LogP contribution in [0.5, 0.6) is 0 Å². The van der Waals surface area contributed by atoms with Gasteiger partial charge in [0.25, 0.3) is 0 Å². The average Bonchev–Trinajstić information content (AvgIpc) is 2.05. The Bertz CT molecular complexity index is 196. The molecule has 0 aromatic rings. The molecule has 1 N–H and O–H groups in total. The zero-order chi connectivity index (χ0) is 8.27. The van der Waals surface area contributed by atoms with Crippen LogP contribution in [0, 0.1) is 0 Å². The van der Waals surface area contributed by atoms with Crippen molar-refractivity contribution in [3.05, 3.63) is 11.6 Å². The van der Waals surface area contributed by atoms with Crippen LogP contribution < -0.4 is 0 Å². The maximum Gasteiger partial charge on any atom is 0.0794 e. The molecule has 0 aromatic carbocycles. The maximum atomic E-state index is 8.49.